The maximum atomic E-state index is 13.3. The highest BCUT2D eigenvalue weighted by molar-refractivity contribution is 7.92. The quantitative estimate of drug-likeness (QED) is 0.839. The first kappa shape index (κ1) is 15.2. The number of hydrogen-bond donors (Lipinski definition) is 2. The number of aromatic nitrogens is 1. The molecule has 0 unspecified atom stereocenters. The van der Waals surface area contributed by atoms with E-state index in [2.05, 4.69) is 9.71 Å². The maximum absolute atomic E-state index is 13.3. The van der Waals surface area contributed by atoms with Crippen LogP contribution in [0.5, 0.6) is 0 Å². The number of carboxylic acid groups (broad SMARTS) is 1. The Bertz CT molecular complexity index is 793. The normalized spacial score (nSPS) is 11.1. The molecule has 1 heterocycles. The van der Waals surface area contributed by atoms with E-state index < -0.39 is 27.4 Å². The molecule has 21 heavy (non-hydrogen) atoms. The fraction of sp³-hybridized carbons (Fsp3) is 0. The third-order valence-corrected chi connectivity index (χ3v) is 4.06. The minimum atomic E-state index is -4.06. The SMILES string of the molecule is O=C(O)c1cc(S(=O)(=O)Nc2ccc(Cl)nc2)ccc1F. The van der Waals surface area contributed by atoms with Crippen molar-refractivity contribution in [3.63, 3.8) is 0 Å². The molecular weight excluding hydrogens is 323 g/mol. The second-order valence-electron chi connectivity index (χ2n) is 3.92. The van der Waals surface area contributed by atoms with Crippen LogP contribution in [-0.4, -0.2) is 24.5 Å². The van der Waals surface area contributed by atoms with Crippen molar-refractivity contribution in [2.75, 3.05) is 4.72 Å². The lowest BCUT2D eigenvalue weighted by Crippen LogP contribution is -2.14. The molecule has 0 saturated heterocycles. The van der Waals surface area contributed by atoms with E-state index in [9.17, 15) is 17.6 Å². The number of carboxylic acids is 1. The van der Waals surface area contributed by atoms with Gasteiger partial charge in [0.05, 0.1) is 22.3 Å². The molecular formula is C12H8ClFN2O4S. The number of sulfonamides is 1. The summed E-state index contributed by atoms with van der Waals surface area (Å²) >= 11 is 5.58. The van der Waals surface area contributed by atoms with E-state index in [0.29, 0.717) is 0 Å². The summed E-state index contributed by atoms with van der Waals surface area (Å²) in [6.45, 7) is 0. The van der Waals surface area contributed by atoms with E-state index in [1.165, 1.54) is 18.3 Å². The molecule has 2 aromatic rings. The van der Waals surface area contributed by atoms with E-state index >= 15 is 0 Å². The molecule has 0 saturated carbocycles. The summed E-state index contributed by atoms with van der Waals surface area (Å²) in [6, 6.07) is 5.25. The summed E-state index contributed by atoms with van der Waals surface area (Å²) in [5.41, 5.74) is -0.590. The second kappa shape index (κ2) is 5.66. The van der Waals surface area contributed by atoms with Crippen molar-refractivity contribution in [1.82, 2.24) is 4.98 Å². The van der Waals surface area contributed by atoms with E-state index in [4.69, 9.17) is 16.7 Å². The van der Waals surface area contributed by atoms with Gasteiger partial charge in [-0.05, 0) is 30.3 Å². The molecule has 2 N–H and O–H groups in total. The van der Waals surface area contributed by atoms with E-state index in [-0.39, 0.29) is 15.7 Å². The zero-order chi connectivity index (χ0) is 15.6. The molecule has 1 aromatic heterocycles. The predicted molar refractivity (Wildman–Crippen MR) is 73.4 cm³/mol. The Morgan fingerprint density at radius 2 is 2.00 bits per heavy atom. The molecule has 0 fully saturated rings. The van der Waals surface area contributed by atoms with Gasteiger partial charge in [0.25, 0.3) is 10.0 Å². The summed E-state index contributed by atoms with van der Waals surface area (Å²) in [4.78, 5) is 14.1. The van der Waals surface area contributed by atoms with Crippen LogP contribution in [0.4, 0.5) is 10.1 Å². The van der Waals surface area contributed by atoms with Gasteiger partial charge in [-0.1, -0.05) is 11.6 Å². The Balaban J connectivity index is 2.38. The van der Waals surface area contributed by atoms with Crippen molar-refractivity contribution in [3.8, 4) is 0 Å². The van der Waals surface area contributed by atoms with Gasteiger partial charge in [-0.2, -0.15) is 0 Å². The monoisotopic (exact) mass is 330 g/mol. The lowest BCUT2D eigenvalue weighted by Gasteiger charge is -2.08. The first-order chi connectivity index (χ1) is 9.79. The second-order valence-corrected chi connectivity index (χ2v) is 5.99. The molecule has 0 atom stereocenters. The number of pyridine rings is 1. The number of anilines is 1. The van der Waals surface area contributed by atoms with Crippen molar-refractivity contribution in [3.05, 3.63) is 53.1 Å². The van der Waals surface area contributed by atoms with E-state index in [1.54, 1.807) is 0 Å². The fourth-order valence-corrected chi connectivity index (χ4v) is 2.67. The standard InChI is InChI=1S/C12H8ClFN2O4S/c13-11-4-1-7(6-15-11)16-21(19,20)8-2-3-10(14)9(5-8)12(17)18/h1-6,16H,(H,17,18). The average Bonchev–Trinajstić information content (AvgIpc) is 2.41. The Morgan fingerprint density at radius 3 is 2.57 bits per heavy atom. The van der Waals surface area contributed by atoms with E-state index in [1.807, 2.05) is 0 Å². The summed E-state index contributed by atoms with van der Waals surface area (Å²) in [6.07, 6.45) is 1.20. The van der Waals surface area contributed by atoms with Gasteiger partial charge in [-0.15, -0.1) is 0 Å². The molecule has 0 aliphatic heterocycles. The highest BCUT2D eigenvalue weighted by atomic mass is 35.5. The van der Waals surface area contributed by atoms with Crippen LogP contribution in [0.2, 0.25) is 5.15 Å². The summed E-state index contributed by atoms with van der Waals surface area (Å²) in [5, 5.41) is 8.98. The largest absolute Gasteiger partial charge is 0.478 e. The third kappa shape index (κ3) is 3.47. The zero-order valence-electron chi connectivity index (χ0n) is 10.2. The Hall–Kier alpha value is -2.19. The molecule has 9 heteroatoms. The van der Waals surface area contributed by atoms with Gasteiger partial charge in [0.1, 0.15) is 11.0 Å². The number of benzene rings is 1. The van der Waals surface area contributed by atoms with Crippen LogP contribution >= 0.6 is 11.6 Å². The van der Waals surface area contributed by atoms with Crippen LogP contribution in [0.25, 0.3) is 0 Å². The highest BCUT2D eigenvalue weighted by Crippen LogP contribution is 2.19. The van der Waals surface area contributed by atoms with Gasteiger partial charge in [-0.3, -0.25) is 4.72 Å². The number of carbonyl (C=O) groups is 1. The topological polar surface area (TPSA) is 96.4 Å². The Labute approximate surface area is 124 Å². The van der Waals surface area contributed by atoms with Crippen LogP contribution in [0, 0.1) is 5.82 Å². The molecule has 0 bridgehead atoms. The molecule has 0 aliphatic carbocycles. The smallest absolute Gasteiger partial charge is 0.338 e. The number of aromatic carboxylic acids is 1. The van der Waals surface area contributed by atoms with Crippen LogP contribution in [-0.2, 0) is 10.0 Å². The first-order valence-corrected chi connectivity index (χ1v) is 7.33. The van der Waals surface area contributed by atoms with Gasteiger partial charge in [0, 0.05) is 0 Å². The summed E-state index contributed by atoms with van der Waals surface area (Å²) in [7, 11) is -4.06. The maximum Gasteiger partial charge on any atom is 0.338 e. The summed E-state index contributed by atoms with van der Waals surface area (Å²) in [5.74, 6) is -2.58. The molecule has 0 spiro atoms. The van der Waals surface area contributed by atoms with Crippen LogP contribution in [0.3, 0.4) is 0 Å². The Kier molecular flexibility index (Phi) is 4.10. The van der Waals surface area contributed by atoms with Crippen LogP contribution in [0.1, 0.15) is 10.4 Å². The lowest BCUT2D eigenvalue weighted by atomic mass is 10.2. The number of nitrogens with zero attached hydrogens (tertiary/aromatic N) is 1. The number of hydrogen-bond acceptors (Lipinski definition) is 4. The van der Waals surface area contributed by atoms with Crippen molar-refractivity contribution >= 4 is 33.3 Å². The molecule has 110 valence electrons. The molecule has 0 amide bonds. The minimum Gasteiger partial charge on any atom is -0.478 e. The van der Waals surface area contributed by atoms with Crippen LogP contribution < -0.4 is 4.72 Å². The molecule has 6 nitrogen and oxygen atoms in total. The number of nitrogens with one attached hydrogen (secondary N) is 1. The van der Waals surface area contributed by atoms with Gasteiger partial charge in [0.15, 0.2) is 0 Å². The molecule has 0 radical (unpaired) electrons. The van der Waals surface area contributed by atoms with Crippen LogP contribution in [0.15, 0.2) is 41.4 Å². The van der Waals surface area contributed by atoms with Gasteiger partial charge < -0.3 is 5.11 Å². The third-order valence-electron chi connectivity index (χ3n) is 2.46. The van der Waals surface area contributed by atoms with Crippen molar-refractivity contribution in [1.29, 1.82) is 0 Å². The van der Waals surface area contributed by atoms with Crippen molar-refractivity contribution in [2.45, 2.75) is 4.90 Å². The average molecular weight is 331 g/mol. The molecule has 1 aromatic carbocycles. The van der Waals surface area contributed by atoms with Gasteiger partial charge in [-0.25, -0.2) is 22.6 Å². The summed E-state index contributed by atoms with van der Waals surface area (Å²) < 4.78 is 39.6. The lowest BCUT2D eigenvalue weighted by molar-refractivity contribution is 0.0691. The number of halogens is 2. The number of rotatable bonds is 4. The Morgan fingerprint density at radius 1 is 1.29 bits per heavy atom. The van der Waals surface area contributed by atoms with Crippen molar-refractivity contribution < 1.29 is 22.7 Å². The first-order valence-electron chi connectivity index (χ1n) is 5.47. The molecule has 2 rings (SSSR count). The highest BCUT2D eigenvalue weighted by Gasteiger charge is 2.19. The van der Waals surface area contributed by atoms with Gasteiger partial charge >= 0.3 is 5.97 Å². The molecule has 0 aliphatic rings. The minimum absolute atomic E-state index is 0.139. The van der Waals surface area contributed by atoms with Gasteiger partial charge in [0.2, 0.25) is 0 Å². The van der Waals surface area contributed by atoms with Crippen molar-refractivity contribution in [2.24, 2.45) is 0 Å². The fourth-order valence-electron chi connectivity index (χ4n) is 1.49. The zero-order valence-corrected chi connectivity index (χ0v) is 11.8. The van der Waals surface area contributed by atoms with E-state index in [0.717, 1.165) is 18.2 Å². The predicted octanol–water partition coefficient (Wildman–Crippen LogP) is 2.37.